The van der Waals surface area contributed by atoms with Crippen molar-refractivity contribution in [1.29, 1.82) is 0 Å². The molecule has 9 heteroatoms. The molecule has 1 aliphatic rings. The van der Waals surface area contributed by atoms with Gasteiger partial charge in [0.2, 0.25) is 0 Å². The number of hydrogen-bond donors (Lipinski definition) is 1. The van der Waals surface area contributed by atoms with Crippen LogP contribution < -0.4 is 9.64 Å². The largest absolute Gasteiger partial charge is 0.507 e. The number of ketones is 1. The first-order valence-corrected chi connectivity index (χ1v) is 11.5. The number of methoxy groups -OCH3 is 1. The molecule has 2 heterocycles. The number of carbonyl (C=O) groups excluding carboxylic acids is 3. The summed E-state index contributed by atoms with van der Waals surface area (Å²) in [6.07, 6.45) is 2.80. The highest BCUT2D eigenvalue weighted by Crippen LogP contribution is 2.42. The van der Waals surface area contributed by atoms with Crippen molar-refractivity contribution < 1.29 is 29.0 Å². The zero-order valence-corrected chi connectivity index (χ0v) is 20.5. The quantitative estimate of drug-likeness (QED) is 0.218. The number of nitrogens with zero attached hydrogens (tertiary/aromatic N) is 2. The molecule has 1 saturated heterocycles. The Labute approximate surface area is 212 Å². The van der Waals surface area contributed by atoms with Crippen molar-refractivity contribution in [2.24, 2.45) is 0 Å². The highest BCUT2D eigenvalue weighted by atomic mass is 35.5. The molecule has 4 rings (SSSR count). The monoisotopic (exact) mass is 506 g/mol. The van der Waals surface area contributed by atoms with Crippen LogP contribution in [0.2, 0.25) is 5.02 Å². The lowest BCUT2D eigenvalue weighted by atomic mass is 9.96. The fraction of sp³-hybridized carbons (Fsp3) is 0.185. The smallest absolute Gasteiger partial charge is 0.338 e. The van der Waals surface area contributed by atoms with E-state index in [2.05, 4.69) is 4.98 Å². The number of carbonyl (C=O) groups is 3. The molecular weight excluding hydrogens is 484 g/mol. The van der Waals surface area contributed by atoms with Crippen LogP contribution in [0.5, 0.6) is 5.75 Å². The van der Waals surface area contributed by atoms with Crippen LogP contribution in [0, 0.1) is 0 Å². The van der Waals surface area contributed by atoms with Crippen LogP contribution in [-0.2, 0) is 14.3 Å². The molecule has 0 spiro atoms. The summed E-state index contributed by atoms with van der Waals surface area (Å²) in [4.78, 5) is 44.1. The van der Waals surface area contributed by atoms with Gasteiger partial charge in [-0.1, -0.05) is 17.7 Å². The van der Waals surface area contributed by atoms with Gasteiger partial charge in [-0.25, -0.2) is 4.79 Å². The molecule has 0 radical (unpaired) electrons. The van der Waals surface area contributed by atoms with E-state index >= 15 is 0 Å². The van der Waals surface area contributed by atoms with E-state index < -0.39 is 23.7 Å². The highest BCUT2D eigenvalue weighted by molar-refractivity contribution is 6.51. The van der Waals surface area contributed by atoms with E-state index in [1.807, 2.05) is 0 Å². The Morgan fingerprint density at radius 3 is 2.39 bits per heavy atom. The SMILES string of the molecule is COc1cc(/C(O)=C2/C(=O)C(=O)N(c3ccc(C(=O)OC(C)C)cc3)C2c2cccnc2)ccc1Cl. The van der Waals surface area contributed by atoms with Crippen molar-refractivity contribution >= 4 is 40.7 Å². The van der Waals surface area contributed by atoms with Crippen LogP contribution in [0.15, 0.2) is 72.6 Å². The van der Waals surface area contributed by atoms with E-state index in [4.69, 9.17) is 21.1 Å². The average molecular weight is 507 g/mol. The van der Waals surface area contributed by atoms with Crippen molar-refractivity contribution in [2.75, 3.05) is 12.0 Å². The molecule has 0 bridgehead atoms. The minimum absolute atomic E-state index is 0.110. The molecule has 1 aromatic heterocycles. The van der Waals surface area contributed by atoms with Gasteiger partial charge in [0.05, 0.1) is 35.4 Å². The standard InChI is InChI=1S/C27H23ClN2O6/c1-15(2)36-27(34)16-6-9-19(10-7-16)30-23(18-5-4-12-29-14-18)22(25(32)26(30)33)24(31)17-8-11-20(28)21(13-17)35-3/h4-15,23,31H,1-3H3/b24-22-. The number of halogens is 1. The normalized spacial score (nSPS) is 16.9. The second-order valence-electron chi connectivity index (χ2n) is 8.31. The minimum atomic E-state index is -0.964. The number of Topliss-reactive ketones (excluding diaryl/α,β-unsaturated/α-hetero) is 1. The number of aliphatic hydroxyl groups excluding tert-OH is 1. The van der Waals surface area contributed by atoms with Gasteiger partial charge in [0.25, 0.3) is 11.7 Å². The van der Waals surface area contributed by atoms with Crippen molar-refractivity contribution in [3.8, 4) is 5.75 Å². The first-order chi connectivity index (χ1) is 17.2. The maximum atomic E-state index is 13.3. The number of amides is 1. The number of rotatable bonds is 6. The number of pyridine rings is 1. The molecule has 8 nitrogen and oxygen atoms in total. The average Bonchev–Trinajstić information content (AvgIpc) is 3.14. The summed E-state index contributed by atoms with van der Waals surface area (Å²) in [6.45, 7) is 3.49. The number of aromatic nitrogens is 1. The van der Waals surface area contributed by atoms with Gasteiger partial charge in [-0.05, 0) is 67.9 Å². The summed E-state index contributed by atoms with van der Waals surface area (Å²) >= 11 is 6.11. The van der Waals surface area contributed by atoms with Crippen LogP contribution >= 0.6 is 11.6 Å². The topological polar surface area (TPSA) is 106 Å². The second kappa shape index (κ2) is 10.2. The van der Waals surface area contributed by atoms with Gasteiger partial charge < -0.3 is 14.6 Å². The summed E-state index contributed by atoms with van der Waals surface area (Å²) in [7, 11) is 1.43. The molecule has 36 heavy (non-hydrogen) atoms. The van der Waals surface area contributed by atoms with Gasteiger partial charge in [0.1, 0.15) is 11.5 Å². The summed E-state index contributed by atoms with van der Waals surface area (Å²) in [5.74, 6) is -2.27. The minimum Gasteiger partial charge on any atom is -0.507 e. The van der Waals surface area contributed by atoms with Crippen LogP contribution in [0.25, 0.3) is 5.76 Å². The van der Waals surface area contributed by atoms with E-state index in [0.29, 0.717) is 27.6 Å². The molecule has 1 unspecified atom stereocenters. The van der Waals surface area contributed by atoms with Crippen LogP contribution in [0.1, 0.15) is 41.4 Å². The predicted molar refractivity (Wildman–Crippen MR) is 134 cm³/mol. The summed E-state index contributed by atoms with van der Waals surface area (Å²) in [5.41, 5.74) is 1.33. The molecule has 1 amide bonds. The van der Waals surface area contributed by atoms with Crippen LogP contribution in [-0.4, -0.2) is 41.0 Å². The van der Waals surface area contributed by atoms with E-state index in [0.717, 1.165) is 0 Å². The first kappa shape index (κ1) is 24.9. The lowest BCUT2D eigenvalue weighted by Gasteiger charge is -2.25. The molecule has 0 saturated carbocycles. The number of benzene rings is 2. The second-order valence-corrected chi connectivity index (χ2v) is 8.71. The number of hydrogen-bond acceptors (Lipinski definition) is 7. The molecule has 1 fully saturated rings. The molecule has 2 aromatic carbocycles. The Morgan fingerprint density at radius 2 is 1.78 bits per heavy atom. The zero-order valence-electron chi connectivity index (χ0n) is 19.8. The van der Waals surface area contributed by atoms with E-state index in [9.17, 15) is 19.5 Å². The Morgan fingerprint density at radius 1 is 1.08 bits per heavy atom. The Bertz CT molecular complexity index is 1350. The fourth-order valence-corrected chi connectivity index (χ4v) is 4.15. The fourth-order valence-electron chi connectivity index (χ4n) is 3.95. The third kappa shape index (κ3) is 4.67. The van der Waals surface area contributed by atoms with E-state index in [-0.39, 0.29) is 23.0 Å². The summed E-state index contributed by atoms with van der Waals surface area (Å²) in [6, 6.07) is 13.1. The van der Waals surface area contributed by atoms with Crippen LogP contribution in [0.3, 0.4) is 0 Å². The molecule has 3 aromatic rings. The maximum absolute atomic E-state index is 13.3. The van der Waals surface area contributed by atoms with E-state index in [1.54, 1.807) is 44.3 Å². The summed E-state index contributed by atoms with van der Waals surface area (Å²) < 4.78 is 10.4. The lowest BCUT2D eigenvalue weighted by molar-refractivity contribution is -0.132. The number of ether oxygens (including phenoxy) is 2. The lowest BCUT2D eigenvalue weighted by Crippen LogP contribution is -2.29. The number of anilines is 1. The van der Waals surface area contributed by atoms with Gasteiger partial charge in [-0.15, -0.1) is 0 Å². The van der Waals surface area contributed by atoms with Gasteiger partial charge in [0, 0.05) is 23.6 Å². The molecule has 184 valence electrons. The molecule has 1 N–H and O–H groups in total. The maximum Gasteiger partial charge on any atom is 0.338 e. The third-order valence-corrected chi connectivity index (χ3v) is 5.91. The van der Waals surface area contributed by atoms with Crippen molar-refractivity contribution in [2.45, 2.75) is 26.0 Å². The molecular formula is C27H23ClN2O6. The van der Waals surface area contributed by atoms with Gasteiger partial charge >= 0.3 is 5.97 Å². The van der Waals surface area contributed by atoms with Gasteiger partial charge in [-0.3, -0.25) is 19.5 Å². The van der Waals surface area contributed by atoms with Crippen molar-refractivity contribution in [3.63, 3.8) is 0 Å². The third-order valence-electron chi connectivity index (χ3n) is 5.59. The summed E-state index contributed by atoms with van der Waals surface area (Å²) in [5, 5.41) is 11.5. The van der Waals surface area contributed by atoms with Gasteiger partial charge in [-0.2, -0.15) is 0 Å². The Kier molecular flexibility index (Phi) is 7.07. The first-order valence-electron chi connectivity index (χ1n) is 11.1. The molecule has 1 aliphatic heterocycles. The van der Waals surface area contributed by atoms with E-state index in [1.165, 1.54) is 48.5 Å². The van der Waals surface area contributed by atoms with Crippen LogP contribution in [0.4, 0.5) is 5.69 Å². The Hall–Kier alpha value is -4.17. The number of esters is 1. The number of aliphatic hydroxyl groups is 1. The van der Waals surface area contributed by atoms with Crippen molar-refractivity contribution in [3.05, 3.63) is 94.3 Å². The van der Waals surface area contributed by atoms with Crippen molar-refractivity contribution in [1.82, 2.24) is 4.98 Å². The van der Waals surface area contributed by atoms with Gasteiger partial charge in [0.15, 0.2) is 0 Å². The predicted octanol–water partition coefficient (Wildman–Crippen LogP) is 4.94. The molecule has 0 aliphatic carbocycles. The molecule has 1 atom stereocenters. The zero-order chi connectivity index (χ0) is 26.0. The highest BCUT2D eigenvalue weighted by Gasteiger charge is 2.47. The Balaban J connectivity index is 1.83.